The number of nitrogens with one attached hydrogen (secondary N) is 1. The van der Waals surface area contributed by atoms with Crippen molar-refractivity contribution in [2.75, 3.05) is 85.7 Å². The number of pyridine rings is 4. The fraction of sp³-hybridized carbons (Fsp3) is 0.333. The van der Waals surface area contributed by atoms with Crippen LogP contribution in [-0.4, -0.2) is 85.6 Å². The number of anilines is 5. The van der Waals surface area contributed by atoms with Crippen molar-refractivity contribution < 1.29 is 27.0 Å². The van der Waals surface area contributed by atoms with E-state index < -0.39 is 23.3 Å². The first kappa shape index (κ1) is 51.6. The number of nitrogens with zero attached hydrogens (tertiary/aromatic N) is 7. The molecule has 2 saturated heterocycles. The molecule has 12 rings (SSSR count). The first-order chi connectivity index (χ1) is 36.0. The van der Waals surface area contributed by atoms with Crippen LogP contribution in [0.4, 0.5) is 46.0 Å². The van der Waals surface area contributed by atoms with Gasteiger partial charge in [-0.15, -0.1) is 0 Å². The maximum atomic E-state index is 15.5. The zero-order valence-electron chi connectivity index (χ0n) is 43.2. The molecular weight excluding hydrogens is 976 g/mol. The summed E-state index contributed by atoms with van der Waals surface area (Å²) in [7, 11) is 0. The minimum absolute atomic E-state index is 0.152. The van der Waals surface area contributed by atoms with E-state index in [1.165, 1.54) is 29.2 Å². The smallest absolute Gasteiger partial charge is 0.137 e. The molecule has 8 heterocycles. The second kappa shape index (κ2) is 21.4. The Kier molecular flexibility index (Phi) is 14.7. The van der Waals surface area contributed by atoms with Gasteiger partial charge < -0.3 is 29.5 Å². The summed E-state index contributed by atoms with van der Waals surface area (Å²) in [6.07, 6.45) is 5.08. The quantitative estimate of drug-likeness (QED) is 0.156. The largest absolute Gasteiger partial charge is 0.383 e. The molecule has 0 bridgehead atoms. The van der Waals surface area contributed by atoms with E-state index in [2.05, 4.69) is 69.8 Å². The summed E-state index contributed by atoms with van der Waals surface area (Å²) in [5, 5.41) is 4.26. The number of fused-ring (bicyclic) bond motifs is 4. The van der Waals surface area contributed by atoms with Gasteiger partial charge in [-0.3, -0.25) is 19.9 Å². The predicted octanol–water partition coefficient (Wildman–Crippen LogP) is 12.8. The maximum absolute atomic E-state index is 15.5. The molecule has 0 atom stereocenters. The maximum Gasteiger partial charge on any atom is 0.137 e. The van der Waals surface area contributed by atoms with Crippen LogP contribution in [-0.2, 0) is 33.1 Å². The lowest BCUT2D eigenvalue weighted by Gasteiger charge is -2.30. The zero-order valence-corrected chi connectivity index (χ0v) is 44.0. The Hall–Kier alpha value is -6.87. The van der Waals surface area contributed by atoms with Crippen LogP contribution >= 0.6 is 11.6 Å². The number of halogens is 5. The van der Waals surface area contributed by atoms with Crippen molar-refractivity contribution in [3.8, 4) is 0 Å². The van der Waals surface area contributed by atoms with E-state index in [0.29, 0.717) is 48.5 Å². The van der Waals surface area contributed by atoms with Crippen LogP contribution in [0.5, 0.6) is 0 Å². The van der Waals surface area contributed by atoms with Gasteiger partial charge in [-0.25, -0.2) is 17.6 Å². The SMILES string of the molecule is CC1(C)CNc2cc(N3CCOCC3)cnc21.Cc1c(Cc2ccccc2)nc2cc(F)cc(F)c2c1Cl.Cc1c(Cc2ccccc2)nc2cc(F)cc(F)c2c1N1CC(C)(C)c2ncc(N3CCOCC3)cc21. The van der Waals surface area contributed by atoms with Gasteiger partial charge >= 0.3 is 0 Å². The second-order valence-electron chi connectivity index (χ2n) is 21.0. The van der Waals surface area contributed by atoms with Crippen molar-refractivity contribution in [2.24, 2.45) is 0 Å². The molecule has 0 unspecified atom stereocenters. The Morgan fingerprint density at radius 2 is 1.09 bits per heavy atom. The van der Waals surface area contributed by atoms with Gasteiger partial charge in [0, 0.05) is 92.9 Å². The van der Waals surface area contributed by atoms with E-state index >= 15 is 4.39 Å². The summed E-state index contributed by atoms with van der Waals surface area (Å²) in [4.78, 5) is 25.5. The van der Waals surface area contributed by atoms with Gasteiger partial charge in [0.25, 0.3) is 0 Å². The molecule has 388 valence electrons. The fourth-order valence-corrected chi connectivity index (χ4v) is 10.8. The average molecular weight is 1040 g/mol. The minimum atomic E-state index is -0.683. The van der Waals surface area contributed by atoms with Crippen LogP contribution in [0.15, 0.2) is 109 Å². The van der Waals surface area contributed by atoms with Crippen molar-refractivity contribution in [1.29, 1.82) is 0 Å². The standard InChI is InChI=1S/C30H30F2N4O.C17H12ClF2N.C13H19N3O/c1-19-24(13-20-7-5-4-6-8-20)34-25-15-21(31)14-23(32)27(25)28(19)36-18-30(2,3)29-26(36)16-22(17-33-29)35-9-11-37-12-10-35;1-10-14(7-11-5-3-2-4-6-11)21-15-9-12(19)8-13(20)16(15)17(10)18;1-13(2)9-15-11-7-10(8-14-12(11)13)16-3-5-17-6-4-16/h4-8,14-17H,9-13,18H2,1-3H3;2-6,8-9H,7H2,1H3;7-8,15H,3-6,9H2,1-2H3. The highest BCUT2D eigenvalue weighted by atomic mass is 35.5. The van der Waals surface area contributed by atoms with Gasteiger partial charge in [-0.2, -0.15) is 0 Å². The van der Waals surface area contributed by atoms with Gasteiger partial charge in [0.1, 0.15) is 23.3 Å². The van der Waals surface area contributed by atoms with Gasteiger partial charge in [0.05, 0.1) is 111 Å². The van der Waals surface area contributed by atoms with Gasteiger partial charge in [-0.05, 0) is 48.2 Å². The molecular formula is C60H61ClF4N8O2. The molecule has 15 heteroatoms. The summed E-state index contributed by atoms with van der Waals surface area (Å²) in [5.41, 5.74) is 13.1. The highest BCUT2D eigenvalue weighted by Gasteiger charge is 2.40. The summed E-state index contributed by atoms with van der Waals surface area (Å²) >= 11 is 6.25. The highest BCUT2D eigenvalue weighted by Crippen LogP contribution is 2.48. The Morgan fingerprint density at radius 1 is 0.600 bits per heavy atom. The topological polar surface area (TPSA) is 91.8 Å². The van der Waals surface area contributed by atoms with Crippen molar-refractivity contribution in [2.45, 2.75) is 65.2 Å². The molecule has 10 nitrogen and oxygen atoms in total. The third kappa shape index (κ3) is 10.8. The number of morpholine rings is 2. The molecule has 0 spiro atoms. The minimum Gasteiger partial charge on any atom is -0.383 e. The van der Waals surface area contributed by atoms with E-state index in [0.717, 1.165) is 114 Å². The second-order valence-corrected chi connectivity index (χ2v) is 21.4. The lowest BCUT2D eigenvalue weighted by atomic mass is 9.91. The van der Waals surface area contributed by atoms with Gasteiger partial charge in [0.15, 0.2) is 0 Å². The third-order valence-corrected chi connectivity index (χ3v) is 15.1. The van der Waals surface area contributed by atoms with Crippen molar-refractivity contribution >= 4 is 61.8 Å². The molecule has 4 aromatic heterocycles. The molecule has 75 heavy (non-hydrogen) atoms. The van der Waals surface area contributed by atoms with Crippen LogP contribution in [0, 0.1) is 37.1 Å². The predicted molar refractivity (Wildman–Crippen MR) is 292 cm³/mol. The number of rotatable bonds is 7. The van der Waals surface area contributed by atoms with Crippen LogP contribution < -0.4 is 20.0 Å². The van der Waals surface area contributed by atoms with Gasteiger partial charge in [-0.1, -0.05) is 100.0 Å². The molecule has 0 amide bonds. The normalized spacial score (nSPS) is 16.4. The molecule has 0 saturated carbocycles. The summed E-state index contributed by atoms with van der Waals surface area (Å²) in [6, 6.07) is 28.5. The average Bonchev–Trinajstić information content (AvgIpc) is 3.86. The van der Waals surface area contributed by atoms with Crippen molar-refractivity contribution in [3.05, 3.63) is 183 Å². The number of hydrogen-bond donors (Lipinski definition) is 1. The Balaban J connectivity index is 0.000000142. The molecule has 0 radical (unpaired) electrons. The molecule has 4 aliphatic rings. The Morgan fingerprint density at radius 3 is 1.65 bits per heavy atom. The van der Waals surface area contributed by atoms with Crippen LogP contribution in [0.3, 0.4) is 0 Å². The van der Waals surface area contributed by atoms with Crippen molar-refractivity contribution in [1.82, 2.24) is 19.9 Å². The number of benzene rings is 4. The highest BCUT2D eigenvalue weighted by molar-refractivity contribution is 6.36. The summed E-state index contributed by atoms with van der Waals surface area (Å²) < 4.78 is 68.0. The van der Waals surface area contributed by atoms with E-state index in [-0.39, 0.29) is 21.7 Å². The van der Waals surface area contributed by atoms with Crippen LogP contribution in [0.25, 0.3) is 21.8 Å². The Labute approximate surface area is 440 Å². The fourth-order valence-electron chi connectivity index (χ4n) is 10.5. The first-order valence-corrected chi connectivity index (χ1v) is 25.9. The first-order valence-electron chi connectivity index (χ1n) is 25.5. The number of aromatic nitrogens is 4. The van der Waals surface area contributed by atoms with E-state index in [1.807, 2.05) is 80.0 Å². The molecule has 8 aromatic rings. The lowest BCUT2D eigenvalue weighted by Crippen LogP contribution is -2.36. The molecule has 1 N–H and O–H groups in total. The molecule has 4 aliphatic heterocycles. The number of hydrogen-bond acceptors (Lipinski definition) is 10. The monoisotopic (exact) mass is 1040 g/mol. The summed E-state index contributed by atoms with van der Waals surface area (Å²) in [5.74, 6) is -2.57. The molecule has 0 aliphatic carbocycles. The number of ether oxygens (including phenoxy) is 2. The third-order valence-electron chi connectivity index (χ3n) is 14.6. The Bertz CT molecular complexity index is 3390. The van der Waals surface area contributed by atoms with Gasteiger partial charge in [0.2, 0.25) is 0 Å². The van der Waals surface area contributed by atoms with Crippen LogP contribution in [0.1, 0.15) is 72.7 Å². The van der Waals surface area contributed by atoms with Crippen LogP contribution in [0.2, 0.25) is 5.02 Å². The molecule has 4 aromatic carbocycles. The van der Waals surface area contributed by atoms with E-state index in [9.17, 15) is 13.2 Å². The van der Waals surface area contributed by atoms with Crippen molar-refractivity contribution in [3.63, 3.8) is 0 Å². The van der Waals surface area contributed by atoms with E-state index in [1.54, 1.807) is 6.92 Å². The zero-order chi connectivity index (χ0) is 52.6. The van der Waals surface area contributed by atoms with E-state index in [4.69, 9.17) is 31.0 Å². The molecule has 2 fully saturated rings. The summed E-state index contributed by atoms with van der Waals surface area (Å²) in [6.45, 7) is 20.7. The lowest BCUT2D eigenvalue weighted by molar-refractivity contribution is 0.122.